The molecule has 0 bridgehead atoms. The second kappa shape index (κ2) is 4.43. The molecule has 1 atom stereocenters. The molecule has 0 aliphatic carbocycles. The van der Waals surface area contributed by atoms with E-state index in [2.05, 4.69) is 4.98 Å². The predicted octanol–water partition coefficient (Wildman–Crippen LogP) is 1.18. The van der Waals surface area contributed by atoms with Crippen LogP contribution in [0.1, 0.15) is 18.7 Å². The number of rotatable bonds is 4. The van der Waals surface area contributed by atoms with Gasteiger partial charge in [0.1, 0.15) is 6.10 Å². The first-order valence-electron chi connectivity index (χ1n) is 3.58. The molecule has 0 aliphatic heterocycles. The van der Waals surface area contributed by atoms with Crippen LogP contribution in [0.4, 0.5) is 0 Å². The van der Waals surface area contributed by atoms with E-state index in [-0.39, 0.29) is 6.10 Å². The third-order valence-electron chi connectivity index (χ3n) is 1.36. The monoisotopic (exact) mass is 172 g/mol. The number of aromatic nitrogens is 1. The summed E-state index contributed by atoms with van der Waals surface area (Å²) < 4.78 is 5.35. The summed E-state index contributed by atoms with van der Waals surface area (Å²) in [6.45, 7) is 3.13. The zero-order valence-electron chi connectivity index (χ0n) is 6.49. The van der Waals surface area contributed by atoms with Crippen molar-refractivity contribution in [3.05, 3.63) is 16.6 Å². The highest BCUT2D eigenvalue weighted by Gasteiger charge is 2.09. The van der Waals surface area contributed by atoms with E-state index in [9.17, 15) is 0 Å². The van der Waals surface area contributed by atoms with Gasteiger partial charge in [-0.25, -0.2) is 4.98 Å². The number of thiazole rings is 1. The molecule has 1 unspecified atom stereocenters. The van der Waals surface area contributed by atoms with Crippen LogP contribution < -0.4 is 5.73 Å². The molecule has 1 aromatic heterocycles. The molecule has 0 aromatic carbocycles. The van der Waals surface area contributed by atoms with Gasteiger partial charge in [-0.2, -0.15) is 0 Å². The zero-order valence-corrected chi connectivity index (χ0v) is 7.30. The number of hydrogen-bond donors (Lipinski definition) is 1. The summed E-state index contributed by atoms with van der Waals surface area (Å²) in [4.78, 5) is 4.12. The number of ether oxygens (including phenoxy) is 1. The molecule has 1 aromatic rings. The van der Waals surface area contributed by atoms with Crippen LogP contribution in [-0.2, 0) is 4.74 Å². The van der Waals surface area contributed by atoms with Gasteiger partial charge < -0.3 is 10.5 Å². The maximum absolute atomic E-state index is 5.49. The fourth-order valence-electron chi connectivity index (χ4n) is 0.856. The van der Waals surface area contributed by atoms with Crippen molar-refractivity contribution in [3.8, 4) is 0 Å². The van der Waals surface area contributed by atoms with Crippen LogP contribution in [0.3, 0.4) is 0 Å². The molecule has 2 N–H and O–H groups in total. The largest absolute Gasteiger partial charge is 0.371 e. The average Bonchev–Trinajstić information content (AvgIpc) is 2.52. The Labute approximate surface area is 70.2 Å². The fraction of sp³-hybridized carbons (Fsp3) is 0.571. The quantitative estimate of drug-likeness (QED) is 0.742. The summed E-state index contributed by atoms with van der Waals surface area (Å²) in [6.07, 6.45) is -0.0220. The van der Waals surface area contributed by atoms with Gasteiger partial charge in [-0.05, 0) is 6.92 Å². The highest BCUT2D eigenvalue weighted by atomic mass is 32.1. The van der Waals surface area contributed by atoms with Crippen LogP contribution in [-0.4, -0.2) is 18.1 Å². The molecule has 0 spiro atoms. The van der Waals surface area contributed by atoms with E-state index in [4.69, 9.17) is 10.5 Å². The lowest BCUT2D eigenvalue weighted by atomic mass is 10.3. The van der Waals surface area contributed by atoms with Gasteiger partial charge in [-0.15, -0.1) is 11.3 Å². The molecule has 0 saturated carbocycles. The minimum atomic E-state index is -0.0220. The molecule has 3 nitrogen and oxygen atoms in total. The van der Waals surface area contributed by atoms with Crippen molar-refractivity contribution in [1.29, 1.82) is 0 Å². The molecular formula is C7H12N2OS. The molecular weight excluding hydrogens is 160 g/mol. The van der Waals surface area contributed by atoms with Crippen LogP contribution in [0.2, 0.25) is 0 Å². The third-order valence-corrected chi connectivity index (χ3v) is 1.97. The van der Waals surface area contributed by atoms with Gasteiger partial charge >= 0.3 is 0 Å². The Bertz CT molecular complexity index is 188. The maximum Gasteiger partial charge on any atom is 0.112 e. The molecule has 0 aliphatic rings. The van der Waals surface area contributed by atoms with Crippen molar-refractivity contribution in [2.45, 2.75) is 13.0 Å². The lowest BCUT2D eigenvalue weighted by Crippen LogP contribution is -2.15. The van der Waals surface area contributed by atoms with Crippen LogP contribution in [0.5, 0.6) is 0 Å². The number of hydrogen-bond acceptors (Lipinski definition) is 4. The second-order valence-corrected chi connectivity index (χ2v) is 2.81. The molecule has 0 radical (unpaired) electrons. The van der Waals surface area contributed by atoms with Crippen molar-refractivity contribution in [3.63, 3.8) is 0 Å². The highest BCUT2D eigenvalue weighted by Crippen LogP contribution is 2.15. The predicted molar refractivity (Wildman–Crippen MR) is 45.5 cm³/mol. The van der Waals surface area contributed by atoms with E-state index in [1.807, 2.05) is 12.3 Å². The Balaban J connectivity index is 2.56. The molecule has 11 heavy (non-hydrogen) atoms. The minimum Gasteiger partial charge on any atom is -0.371 e. The van der Waals surface area contributed by atoms with E-state index >= 15 is 0 Å². The molecule has 1 rings (SSSR count). The van der Waals surface area contributed by atoms with Crippen LogP contribution in [0.25, 0.3) is 0 Å². The van der Waals surface area contributed by atoms with E-state index < -0.39 is 0 Å². The summed E-state index contributed by atoms with van der Waals surface area (Å²) in [5.74, 6) is 0. The molecule has 62 valence electrons. The standard InChI is InChI=1S/C7H12N2OS/c1-2-10-7(3-8)6-4-11-5-9-6/h4-5,7H,2-3,8H2,1H3. The number of nitrogens with two attached hydrogens (primary N) is 1. The van der Waals surface area contributed by atoms with Crippen LogP contribution in [0.15, 0.2) is 10.9 Å². The Morgan fingerprint density at radius 1 is 1.82 bits per heavy atom. The molecule has 0 saturated heterocycles. The van der Waals surface area contributed by atoms with Crippen molar-refractivity contribution in [2.75, 3.05) is 13.2 Å². The maximum atomic E-state index is 5.49. The van der Waals surface area contributed by atoms with Gasteiger partial charge in [0, 0.05) is 18.5 Å². The first-order valence-corrected chi connectivity index (χ1v) is 4.52. The lowest BCUT2D eigenvalue weighted by Gasteiger charge is -2.11. The van der Waals surface area contributed by atoms with Gasteiger partial charge in [-0.3, -0.25) is 0 Å². The summed E-state index contributed by atoms with van der Waals surface area (Å²) in [5.41, 5.74) is 8.22. The summed E-state index contributed by atoms with van der Waals surface area (Å²) in [5, 5.41) is 1.97. The number of nitrogens with zero attached hydrogens (tertiary/aromatic N) is 1. The highest BCUT2D eigenvalue weighted by molar-refractivity contribution is 7.07. The van der Waals surface area contributed by atoms with E-state index in [1.54, 1.807) is 16.8 Å². The summed E-state index contributed by atoms with van der Waals surface area (Å²) in [7, 11) is 0. The van der Waals surface area contributed by atoms with Gasteiger partial charge in [-0.1, -0.05) is 0 Å². The minimum absolute atomic E-state index is 0.0220. The molecule has 1 heterocycles. The normalized spacial score (nSPS) is 13.3. The Morgan fingerprint density at radius 2 is 2.64 bits per heavy atom. The smallest absolute Gasteiger partial charge is 0.112 e. The SMILES string of the molecule is CCOC(CN)c1cscn1. The Kier molecular flexibility index (Phi) is 3.48. The Morgan fingerprint density at radius 3 is 3.09 bits per heavy atom. The summed E-state index contributed by atoms with van der Waals surface area (Å²) in [6, 6.07) is 0. The topological polar surface area (TPSA) is 48.1 Å². The van der Waals surface area contributed by atoms with E-state index in [0.717, 1.165) is 5.69 Å². The second-order valence-electron chi connectivity index (χ2n) is 2.09. The van der Waals surface area contributed by atoms with E-state index in [0.29, 0.717) is 13.2 Å². The first-order chi connectivity index (χ1) is 5.38. The fourth-order valence-corrected chi connectivity index (χ4v) is 1.45. The molecule has 4 heteroatoms. The lowest BCUT2D eigenvalue weighted by molar-refractivity contribution is 0.0663. The zero-order chi connectivity index (χ0) is 8.10. The molecule has 0 fully saturated rings. The van der Waals surface area contributed by atoms with Crippen molar-refractivity contribution < 1.29 is 4.74 Å². The van der Waals surface area contributed by atoms with Crippen molar-refractivity contribution >= 4 is 11.3 Å². The van der Waals surface area contributed by atoms with Gasteiger partial charge in [0.2, 0.25) is 0 Å². The van der Waals surface area contributed by atoms with Gasteiger partial charge in [0.25, 0.3) is 0 Å². The third kappa shape index (κ3) is 2.25. The van der Waals surface area contributed by atoms with Gasteiger partial charge in [0.05, 0.1) is 11.2 Å². The Hall–Kier alpha value is -0.450. The van der Waals surface area contributed by atoms with Gasteiger partial charge in [0.15, 0.2) is 0 Å². The van der Waals surface area contributed by atoms with Crippen molar-refractivity contribution in [2.24, 2.45) is 5.73 Å². The molecule has 0 amide bonds. The van der Waals surface area contributed by atoms with E-state index in [1.165, 1.54) is 0 Å². The first kappa shape index (κ1) is 8.64. The van der Waals surface area contributed by atoms with Crippen molar-refractivity contribution in [1.82, 2.24) is 4.98 Å². The summed E-state index contributed by atoms with van der Waals surface area (Å²) >= 11 is 1.56. The van der Waals surface area contributed by atoms with Crippen LogP contribution >= 0.6 is 11.3 Å². The van der Waals surface area contributed by atoms with Crippen LogP contribution in [0, 0.1) is 0 Å². The average molecular weight is 172 g/mol.